The third-order valence-electron chi connectivity index (χ3n) is 2.85. The molecule has 2 nitrogen and oxygen atoms in total. The van der Waals surface area contributed by atoms with Crippen molar-refractivity contribution in [3.8, 4) is 5.75 Å². The standard InChI is InChI=1S/C15H15ClFNO/c1-18-15(10-19-12-5-3-2-4-6-12)13-8-7-11(16)9-14(13)17/h2-9,15,18H,10H2,1H3. The van der Waals surface area contributed by atoms with Crippen LogP contribution < -0.4 is 10.1 Å². The molecule has 19 heavy (non-hydrogen) atoms. The van der Waals surface area contributed by atoms with Crippen LogP contribution in [-0.4, -0.2) is 13.7 Å². The summed E-state index contributed by atoms with van der Waals surface area (Å²) in [6, 6.07) is 13.9. The first kappa shape index (κ1) is 13.8. The number of benzene rings is 2. The molecule has 0 saturated carbocycles. The summed E-state index contributed by atoms with van der Waals surface area (Å²) in [5.41, 5.74) is 0.544. The van der Waals surface area contributed by atoms with Gasteiger partial charge < -0.3 is 10.1 Å². The smallest absolute Gasteiger partial charge is 0.129 e. The molecule has 2 aromatic rings. The number of halogens is 2. The third-order valence-corrected chi connectivity index (χ3v) is 3.08. The minimum atomic E-state index is -0.330. The second-order valence-corrected chi connectivity index (χ2v) is 4.57. The Labute approximate surface area is 117 Å². The van der Waals surface area contributed by atoms with Crippen molar-refractivity contribution in [2.24, 2.45) is 0 Å². The fraction of sp³-hybridized carbons (Fsp3) is 0.200. The fourth-order valence-electron chi connectivity index (χ4n) is 1.81. The predicted octanol–water partition coefficient (Wildman–Crippen LogP) is 3.82. The molecule has 1 atom stereocenters. The molecule has 0 spiro atoms. The summed E-state index contributed by atoms with van der Waals surface area (Å²) < 4.78 is 19.5. The zero-order chi connectivity index (χ0) is 13.7. The fourth-order valence-corrected chi connectivity index (χ4v) is 1.97. The number of ether oxygens (including phenoxy) is 1. The summed E-state index contributed by atoms with van der Waals surface area (Å²) in [7, 11) is 1.77. The van der Waals surface area contributed by atoms with Crippen LogP contribution in [0, 0.1) is 5.82 Å². The van der Waals surface area contributed by atoms with Gasteiger partial charge in [-0.15, -0.1) is 0 Å². The van der Waals surface area contributed by atoms with E-state index in [9.17, 15) is 4.39 Å². The second-order valence-electron chi connectivity index (χ2n) is 4.13. The Balaban J connectivity index is 2.08. The molecule has 0 radical (unpaired) electrons. The second kappa shape index (κ2) is 6.55. The summed E-state index contributed by atoms with van der Waals surface area (Å²) in [5.74, 6) is 0.431. The van der Waals surface area contributed by atoms with Gasteiger partial charge in [-0.3, -0.25) is 0 Å². The van der Waals surface area contributed by atoms with Gasteiger partial charge in [-0.05, 0) is 31.3 Å². The van der Waals surface area contributed by atoms with Gasteiger partial charge >= 0.3 is 0 Å². The van der Waals surface area contributed by atoms with Crippen LogP contribution in [-0.2, 0) is 0 Å². The number of likely N-dealkylation sites (N-methyl/N-ethyl adjacent to an activating group) is 1. The monoisotopic (exact) mass is 279 g/mol. The lowest BCUT2D eigenvalue weighted by Crippen LogP contribution is -2.24. The maximum atomic E-state index is 13.8. The molecule has 2 aromatic carbocycles. The quantitative estimate of drug-likeness (QED) is 0.898. The number of hydrogen-bond acceptors (Lipinski definition) is 2. The molecule has 0 aromatic heterocycles. The van der Waals surface area contributed by atoms with Gasteiger partial charge in [-0.25, -0.2) is 4.39 Å². The van der Waals surface area contributed by atoms with Gasteiger partial charge in [0.15, 0.2) is 0 Å². The number of para-hydroxylation sites is 1. The van der Waals surface area contributed by atoms with Gasteiger partial charge in [-0.2, -0.15) is 0 Å². The minimum Gasteiger partial charge on any atom is -0.492 e. The Morgan fingerprint density at radius 3 is 2.58 bits per heavy atom. The van der Waals surface area contributed by atoms with Crippen molar-refractivity contribution in [3.63, 3.8) is 0 Å². The Morgan fingerprint density at radius 1 is 1.21 bits per heavy atom. The van der Waals surface area contributed by atoms with E-state index in [4.69, 9.17) is 16.3 Å². The molecule has 0 bridgehead atoms. The van der Waals surface area contributed by atoms with E-state index in [1.54, 1.807) is 19.2 Å². The van der Waals surface area contributed by atoms with Crippen LogP contribution in [0.2, 0.25) is 5.02 Å². The van der Waals surface area contributed by atoms with Crippen molar-refractivity contribution in [1.82, 2.24) is 5.32 Å². The normalized spacial score (nSPS) is 12.2. The van der Waals surface area contributed by atoms with Crippen LogP contribution in [0.15, 0.2) is 48.5 Å². The van der Waals surface area contributed by atoms with E-state index < -0.39 is 0 Å². The SMILES string of the molecule is CNC(COc1ccccc1)c1ccc(Cl)cc1F. The zero-order valence-electron chi connectivity index (χ0n) is 10.6. The van der Waals surface area contributed by atoms with Crippen molar-refractivity contribution >= 4 is 11.6 Å². The highest BCUT2D eigenvalue weighted by Crippen LogP contribution is 2.21. The Kier molecular flexibility index (Phi) is 4.77. The largest absolute Gasteiger partial charge is 0.492 e. The lowest BCUT2D eigenvalue weighted by molar-refractivity contribution is 0.270. The first-order valence-electron chi connectivity index (χ1n) is 6.01. The third kappa shape index (κ3) is 3.69. The zero-order valence-corrected chi connectivity index (χ0v) is 11.3. The van der Waals surface area contributed by atoms with Gasteiger partial charge in [0.2, 0.25) is 0 Å². The molecule has 100 valence electrons. The Morgan fingerprint density at radius 2 is 1.95 bits per heavy atom. The van der Waals surface area contributed by atoms with Crippen molar-refractivity contribution in [1.29, 1.82) is 0 Å². The molecule has 2 rings (SSSR count). The van der Waals surface area contributed by atoms with Crippen molar-refractivity contribution < 1.29 is 9.13 Å². The molecular formula is C15H15ClFNO. The number of rotatable bonds is 5. The van der Waals surface area contributed by atoms with Gasteiger partial charge in [0.05, 0.1) is 6.04 Å². The molecule has 0 amide bonds. The van der Waals surface area contributed by atoms with Crippen LogP contribution in [0.1, 0.15) is 11.6 Å². The van der Waals surface area contributed by atoms with Gasteiger partial charge in [-0.1, -0.05) is 35.9 Å². The summed E-state index contributed by atoms with van der Waals surface area (Å²) >= 11 is 5.75. The van der Waals surface area contributed by atoms with E-state index in [2.05, 4.69) is 5.32 Å². The van der Waals surface area contributed by atoms with Crippen molar-refractivity contribution in [3.05, 3.63) is 64.9 Å². The highest BCUT2D eigenvalue weighted by atomic mass is 35.5. The van der Waals surface area contributed by atoms with Gasteiger partial charge in [0, 0.05) is 10.6 Å². The van der Waals surface area contributed by atoms with Gasteiger partial charge in [0.25, 0.3) is 0 Å². The molecule has 1 unspecified atom stereocenters. The van der Waals surface area contributed by atoms with Crippen molar-refractivity contribution in [2.75, 3.05) is 13.7 Å². The summed E-state index contributed by atoms with van der Waals surface area (Å²) in [5, 5.41) is 3.43. The van der Waals surface area contributed by atoms with Crippen LogP contribution in [0.3, 0.4) is 0 Å². The van der Waals surface area contributed by atoms with E-state index >= 15 is 0 Å². The minimum absolute atomic E-state index is 0.225. The van der Waals surface area contributed by atoms with E-state index in [-0.39, 0.29) is 11.9 Å². The maximum absolute atomic E-state index is 13.8. The van der Waals surface area contributed by atoms with E-state index in [0.29, 0.717) is 17.2 Å². The van der Waals surface area contributed by atoms with E-state index in [1.807, 2.05) is 30.3 Å². The molecule has 0 heterocycles. The molecular weight excluding hydrogens is 265 g/mol. The molecule has 0 fully saturated rings. The topological polar surface area (TPSA) is 21.3 Å². The lowest BCUT2D eigenvalue weighted by atomic mass is 10.1. The predicted molar refractivity (Wildman–Crippen MR) is 75.1 cm³/mol. The molecule has 0 aliphatic heterocycles. The average Bonchev–Trinajstić information content (AvgIpc) is 2.42. The Hall–Kier alpha value is -1.58. The highest BCUT2D eigenvalue weighted by Gasteiger charge is 2.15. The number of hydrogen-bond donors (Lipinski definition) is 1. The molecule has 1 N–H and O–H groups in total. The van der Waals surface area contributed by atoms with Crippen LogP contribution >= 0.6 is 11.6 Å². The first-order chi connectivity index (χ1) is 9.20. The molecule has 0 aliphatic carbocycles. The molecule has 0 aliphatic rings. The lowest BCUT2D eigenvalue weighted by Gasteiger charge is -2.18. The van der Waals surface area contributed by atoms with Gasteiger partial charge in [0.1, 0.15) is 18.2 Å². The Bertz CT molecular complexity index is 533. The van der Waals surface area contributed by atoms with Crippen LogP contribution in [0.4, 0.5) is 4.39 Å². The molecule has 0 saturated heterocycles. The van der Waals surface area contributed by atoms with Crippen LogP contribution in [0.5, 0.6) is 5.75 Å². The molecule has 4 heteroatoms. The number of nitrogens with one attached hydrogen (secondary N) is 1. The van der Waals surface area contributed by atoms with E-state index in [1.165, 1.54) is 6.07 Å². The summed E-state index contributed by atoms with van der Waals surface area (Å²) in [6.07, 6.45) is 0. The van der Waals surface area contributed by atoms with Crippen molar-refractivity contribution in [2.45, 2.75) is 6.04 Å². The van der Waals surface area contributed by atoms with Crippen LogP contribution in [0.25, 0.3) is 0 Å². The average molecular weight is 280 g/mol. The first-order valence-corrected chi connectivity index (χ1v) is 6.38. The summed E-state index contributed by atoms with van der Waals surface area (Å²) in [4.78, 5) is 0. The highest BCUT2D eigenvalue weighted by molar-refractivity contribution is 6.30. The maximum Gasteiger partial charge on any atom is 0.129 e. The summed E-state index contributed by atoms with van der Waals surface area (Å²) in [6.45, 7) is 0.346. The van der Waals surface area contributed by atoms with E-state index in [0.717, 1.165) is 5.75 Å².